The molecule has 0 fully saturated rings. The maximum absolute atomic E-state index is 5.14. The van der Waals surface area contributed by atoms with Crippen LogP contribution >= 0.6 is 11.3 Å². The molecule has 0 aliphatic carbocycles. The molecule has 0 N–H and O–H groups in total. The molecular weight excluding hydrogens is 727 g/mol. The van der Waals surface area contributed by atoms with Crippen molar-refractivity contribution in [1.29, 1.82) is 0 Å². The topological polar surface area (TPSA) is 56.0 Å². The zero-order valence-corrected chi connectivity index (χ0v) is 31.9. The Hall–Kier alpha value is -7.54. The first-order valence-corrected chi connectivity index (χ1v) is 20.2. The van der Waals surface area contributed by atoms with Crippen LogP contribution in [0.2, 0.25) is 0 Å². The third kappa shape index (κ3) is 5.30. The van der Waals surface area contributed by atoms with Gasteiger partial charge in [-0.25, -0.2) is 19.9 Å². The maximum atomic E-state index is 5.14. The molecule has 0 saturated carbocycles. The highest BCUT2D eigenvalue weighted by molar-refractivity contribution is 7.25. The number of rotatable bonds is 5. The normalized spacial score (nSPS) is 11.8. The number of aromatic nitrogens is 5. The summed E-state index contributed by atoms with van der Waals surface area (Å²) in [5.41, 5.74) is 10.5. The van der Waals surface area contributed by atoms with E-state index in [4.69, 9.17) is 19.9 Å². The van der Waals surface area contributed by atoms with E-state index in [-0.39, 0.29) is 0 Å². The van der Waals surface area contributed by atoms with Gasteiger partial charge >= 0.3 is 0 Å². The second-order valence-corrected chi connectivity index (χ2v) is 15.8. The molecule has 4 aromatic heterocycles. The first-order valence-electron chi connectivity index (χ1n) is 19.4. The molecule has 58 heavy (non-hydrogen) atoms. The Labute approximate surface area is 337 Å². The van der Waals surface area contributed by atoms with Gasteiger partial charge in [-0.1, -0.05) is 133 Å². The van der Waals surface area contributed by atoms with Crippen molar-refractivity contribution in [3.63, 3.8) is 0 Å². The predicted octanol–water partition coefficient (Wildman–Crippen LogP) is 13.7. The second-order valence-electron chi connectivity index (χ2n) is 14.7. The highest BCUT2D eigenvalue weighted by Crippen LogP contribution is 2.40. The molecule has 0 unspecified atom stereocenters. The van der Waals surface area contributed by atoms with E-state index < -0.39 is 0 Å². The molecule has 0 aliphatic rings. The standard InChI is InChI=1S/C52H31N5S/c1-3-11-32(12-4-1)36-22-25-40-42(29-36)43-30-37(23-26-41(43)49-48(40)53-47-17-9-10-28-57(47)49)33-18-20-35(21-19-33)51-54-50(34-13-5-2-6-14-34)55-52(56-51)38-24-27-46-44(31-38)39-15-7-8-16-45(39)58-46/h1-31H. The number of hydrogen-bond donors (Lipinski definition) is 0. The molecule has 0 atom stereocenters. The smallest absolute Gasteiger partial charge is 0.164 e. The summed E-state index contributed by atoms with van der Waals surface area (Å²) in [5.74, 6) is 1.94. The largest absolute Gasteiger partial charge is 0.299 e. The van der Waals surface area contributed by atoms with Gasteiger partial charge in [-0.05, 0) is 81.6 Å². The first-order chi connectivity index (χ1) is 28.7. The van der Waals surface area contributed by atoms with Crippen LogP contribution in [0.25, 0.3) is 115 Å². The lowest BCUT2D eigenvalue weighted by molar-refractivity contribution is 1.07. The van der Waals surface area contributed by atoms with Gasteiger partial charge < -0.3 is 0 Å². The van der Waals surface area contributed by atoms with E-state index >= 15 is 0 Å². The molecule has 0 aliphatic heterocycles. The molecule has 4 heterocycles. The molecule has 12 rings (SSSR count). The van der Waals surface area contributed by atoms with E-state index in [1.165, 1.54) is 47.5 Å². The Kier molecular flexibility index (Phi) is 7.33. The van der Waals surface area contributed by atoms with Crippen molar-refractivity contribution in [1.82, 2.24) is 24.3 Å². The van der Waals surface area contributed by atoms with Gasteiger partial charge in [0.1, 0.15) is 5.65 Å². The summed E-state index contributed by atoms with van der Waals surface area (Å²) in [6.07, 6.45) is 2.11. The van der Waals surface area contributed by atoms with Crippen LogP contribution < -0.4 is 0 Å². The molecule has 0 saturated heterocycles. The van der Waals surface area contributed by atoms with E-state index in [0.29, 0.717) is 17.5 Å². The van der Waals surface area contributed by atoms with Crippen molar-refractivity contribution < 1.29 is 0 Å². The molecule has 6 heteroatoms. The van der Waals surface area contributed by atoms with E-state index in [1.807, 2.05) is 47.7 Å². The Balaban J connectivity index is 0.993. The zero-order valence-electron chi connectivity index (χ0n) is 31.0. The molecule has 8 aromatic carbocycles. The van der Waals surface area contributed by atoms with Gasteiger partial charge in [-0.3, -0.25) is 4.40 Å². The monoisotopic (exact) mass is 757 g/mol. The summed E-state index contributed by atoms with van der Waals surface area (Å²) in [5, 5.41) is 7.16. The van der Waals surface area contributed by atoms with Crippen LogP contribution in [-0.2, 0) is 0 Å². The van der Waals surface area contributed by atoms with Crippen molar-refractivity contribution in [3.05, 3.63) is 188 Å². The van der Waals surface area contributed by atoms with Crippen LogP contribution in [0.1, 0.15) is 0 Å². The fourth-order valence-electron chi connectivity index (χ4n) is 8.41. The molecule has 0 amide bonds. The average Bonchev–Trinajstić information content (AvgIpc) is 3.88. The number of nitrogens with zero attached hydrogens (tertiary/aromatic N) is 5. The molecule has 0 bridgehead atoms. The molecule has 0 radical (unpaired) electrons. The number of fused-ring (bicyclic) bond motifs is 11. The van der Waals surface area contributed by atoms with Gasteiger partial charge in [0.05, 0.1) is 11.0 Å². The first kappa shape index (κ1) is 32.7. The van der Waals surface area contributed by atoms with Crippen LogP contribution in [0, 0.1) is 0 Å². The minimum Gasteiger partial charge on any atom is -0.299 e. The van der Waals surface area contributed by atoms with E-state index in [0.717, 1.165) is 49.9 Å². The van der Waals surface area contributed by atoms with Crippen LogP contribution in [0.4, 0.5) is 0 Å². The van der Waals surface area contributed by atoms with E-state index in [2.05, 4.69) is 156 Å². The molecular formula is C52H31N5S. The van der Waals surface area contributed by atoms with E-state index in [9.17, 15) is 0 Å². The number of imidazole rings is 1. The molecule has 270 valence electrons. The van der Waals surface area contributed by atoms with Crippen LogP contribution in [0.5, 0.6) is 0 Å². The van der Waals surface area contributed by atoms with Crippen molar-refractivity contribution >= 4 is 69.7 Å². The third-order valence-corrected chi connectivity index (χ3v) is 12.4. The highest BCUT2D eigenvalue weighted by atomic mass is 32.1. The van der Waals surface area contributed by atoms with Crippen LogP contribution in [0.15, 0.2) is 188 Å². The Morgan fingerprint density at radius 3 is 1.60 bits per heavy atom. The lowest BCUT2D eigenvalue weighted by atomic mass is 9.93. The van der Waals surface area contributed by atoms with Crippen molar-refractivity contribution in [3.8, 4) is 56.4 Å². The fourth-order valence-corrected chi connectivity index (χ4v) is 9.49. The predicted molar refractivity (Wildman–Crippen MR) is 241 cm³/mol. The number of thiophene rings is 1. The highest BCUT2D eigenvalue weighted by Gasteiger charge is 2.18. The van der Waals surface area contributed by atoms with Gasteiger partial charge in [0, 0.05) is 53.8 Å². The SMILES string of the molecule is c1ccc(-c2ccc3c(c2)c2cc(-c4ccc(-c5nc(-c6ccccc6)nc(-c6ccc7sc8ccccc8c7c6)n5)cc4)ccc2c2c3nc3ccccn32)cc1. The number of hydrogen-bond acceptors (Lipinski definition) is 5. The molecule has 5 nitrogen and oxygen atoms in total. The summed E-state index contributed by atoms with van der Waals surface area (Å²) in [4.78, 5) is 20.3. The molecule has 0 spiro atoms. The van der Waals surface area contributed by atoms with Crippen molar-refractivity contribution in [2.24, 2.45) is 0 Å². The van der Waals surface area contributed by atoms with E-state index in [1.54, 1.807) is 0 Å². The minimum absolute atomic E-state index is 0.638. The van der Waals surface area contributed by atoms with Crippen molar-refractivity contribution in [2.45, 2.75) is 0 Å². The number of benzene rings is 8. The minimum atomic E-state index is 0.638. The maximum Gasteiger partial charge on any atom is 0.164 e. The van der Waals surface area contributed by atoms with Gasteiger partial charge in [-0.15, -0.1) is 11.3 Å². The summed E-state index contributed by atoms with van der Waals surface area (Å²) in [7, 11) is 0. The molecule has 12 aromatic rings. The van der Waals surface area contributed by atoms with Crippen molar-refractivity contribution in [2.75, 3.05) is 0 Å². The van der Waals surface area contributed by atoms with Gasteiger partial charge in [0.25, 0.3) is 0 Å². The van der Waals surface area contributed by atoms with Crippen LogP contribution in [0.3, 0.4) is 0 Å². The third-order valence-electron chi connectivity index (χ3n) is 11.3. The summed E-state index contributed by atoms with van der Waals surface area (Å²) in [6, 6.07) is 64.2. The Morgan fingerprint density at radius 1 is 0.328 bits per heavy atom. The zero-order chi connectivity index (χ0) is 38.2. The lowest BCUT2D eigenvalue weighted by Gasteiger charge is -2.12. The van der Waals surface area contributed by atoms with Gasteiger partial charge in [-0.2, -0.15) is 0 Å². The average molecular weight is 758 g/mol. The lowest BCUT2D eigenvalue weighted by Crippen LogP contribution is -2.00. The quantitative estimate of drug-likeness (QED) is 0.164. The van der Waals surface area contributed by atoms with Gasteiger partial charge in [0.15, 0.2) is 17.5 Å². The number of pyridine rings is 1. The Morgan fingerprint density at radius 2 is 0.845 bits per heavy atom. The summed E-state index contributed by atoms with van der Waals surface area (Å²) in [6.45, 7) is 0. The fraction of sp³-hybridized carbons (Fsp3) is 0. The summed E-state index contributed by atoms with van der Waals surface area (Å²) < 4.78 is 4.74. The second kappa shape index (κ2) is 13.0. The summed E-state index contributed by atoms with van der Waals surface area (Å²) >= 11 is 1.81. The van der Waals surface area contributed by atoms with Gasteiger partial charge in [0.2, 0.25) is 0 Å². The Bertz CT molecular complexity index is 3550. The van der Waals surface area contributed by atoms with Crippen LogP contribution in [-0.4, -0.2) is 24.3 Å².